The van der Waals surface area contributed by atoms with Gasteiger partial charge in [-0.15, -0.1) is 11.3 Å². The van der Waals surface area contributed by atoms with Crippen LogP contribution in [0.3, 0.4) is 0 Å². The summed E-state index contributed by atoms with van der Waals surface area (Å²) in [7, 11) is -6.42. The van der Waals surface area contributed by atoms with Crippen LogP contribution in [0.25, 0.3) is 0 Å². The van der Waals surface area contributed by atoms with Crippen LogP contribution in [0.4, 0.5) is 0 Å². The molecule has 10 heteroatoms. The van der Waals surface area contributed by atoms with E-state index in [0.717, 1.165) is 4.88 Å². The first-order valence-electron chi connectivity index (χ1n) is 14.4. The maximum atomic E-state index is 7.25. The van der Waals surface area contributed by atoms with Gasteiger partial charge in [0.15, 0.2) is 25.0 Å². The third kappa shape index (κ3) is 7.18. The highest BCUT2D eigenvalue weighted by atomic mass is 32.1. The summed E-state index contributed by atoms with van der Waals surface area (Å²) >= 11 is 1.63. The Morgan fingerprint density at radius 3 is 1.77 bits per heavy atom. The maximum Gasteiger partial charge on any atom is 0.229 e. The lowest BCUT2D eigenvalue weighted by atomic mass is 9.98. The van der Waals surface area contributed by atoms with E-state index in [9.17, 15) is 0 Å². The van der Waals surface area contributed by atoms with Gasteiger partial charge in [-0.1, -0.05) is 68.4 Å². The Bertz CT molecular complexity index is 1010. The fourth-order valence-corrected chi connectivity index (χ4v) is 8.18. The number of nitrogens with zero attached hydrogens (tertiary/aromatic N) is 1. The molecule has 224 valence electrons. The summed E-state index contributed by atoms with van der Waals surface area (Å²) in [4.78, 5) is 6.11. The van der Waals surface area contributed by atoms with E-state index < -0.39 is 31.2 Å². The highest BCUT2D eigenvalue weighted by Crippen LogP contribution is 2.45. The molecular weight excluding hydrogens is 559 g/mol. The van der Waals surface area contributed by atoms with Gasteiger partial charge in [-0.3, -0.25) is 0 Å². The summed E-state index contributed by atoms with van der Waals surface area (Å²) in [5, 5.41) is 2.21. The molecule has 1 aromatic rings. The number of fused-ring (bicyclic) bond motifs is 1. The lowest BCUT2D eigenvalue weighted by Gasteiger charge is -2.51. The highest BCUT2D eigenvalue weighted by Gasteiger charge is 2.57. The summed E-state index contributed by atoms with van der Waals surface area (Å²) in [5.74, 6) is 0.640. The van der Waals surface area contributed by atoms with Crippen molar-refractivity contribution < 1.29 is 22.8 Å². The average molecular weight is 614 g/mol. The van der Waals surface area contributed by atoms with E-state index in [1.807, 2.05) is 17.5 Å². The molecule has 1 aromatic heterocycles. The molecule has 6 nitrogen and oxygen atoms in total. The number of rotatable bonds is 8. The summed E-state index contributed by atoms with van der Waals surface area (Å²) in [6.45, 7) is 34.7. The normalized spacial score (nSPS) is 27.3. The Balaban J connectivity index is 2.07. The van der Waals surface area contributed by atoms with Crippen molar-refractivity contribution in [1.82, 2.24) is 0 Å². The third-order valence-corrected chi connectivity index (χ3v) is 24.0. The zero-order valence-corrected chi connectivity index (χ0v) is 31.0. The van der Waals surface area contributed by atoms with Gasteiger partial charge >= 0.3 is 0 Å². The van der Waals surface area contributed by atoms with Crippen molar-refractivity contribution in [3.05, 3.63) is 22.4 Å². The van der Waals surface area contributed by atoms with Crippen LogP contribution in [0, 0.1) is 0 Å². The number of thiophene rings is 1. The lowest BCUT2D eigenvalue weighted by Crippen LogP contribution is -2.65. The van der Waals surface area contributed by atoms with Crippen molar-refractivity contribution in [3.63, 3.8) is 0 Å². The second-order valence-corrected chi connectivity index (χ2v) is 31.1. The van der Waals surface area contributed by atoms with Crippen molar-refractivity contribution in [2.24, 2.45) is 4.99 Å². The van der Waals surface area contributed by atoms with Crippen LogP contribution in [0.2, 0.25) is 54.4 Å². The van der Waals surface area contributed by atoms with Gasteiger partial charge in [0.2, 0.25) is 12.2 Å². The minimum atomic E-state index is -2.20. The van der Waals surface area contributed by atoms with E-state index in [1.54, 1.807) is 11.3 Å². The number of hydrogen-bond donors (Lipinski definition) is 0. The van der Waals surface area contributed by atoms with Gasteiger partial charge in [0.1, 0.15) is 24.4 Å². The molecule has 0 N–H and O–H groups in total. The Morgan fingerprint density at radius 2 is 1.31 bits per heavy atom. The van der Waals surface area contributed by atoms with Crippen LogP contribution in [0.5, 0.6) is 0 Å². The van der Waals surface area contributed by atoms with Gasteiger partial charge in [-0.2, -0.15) is 0 Å². The number of hydrogen-bond acceptors (Lipinski definition) is 7. The van der Waals surface area contributed by atoms with Gasteiger partial charge in [-0.05, 0) is 65.8 Å². The molecule has 0 unspecified atom stereocenters. The number of aliphatic imine (C=N–C) groups is 1. The van der Waals surface area contributed by atoms with Crippen molar-refractivity contribution >= 4 is 42.2 Å². The van der Waals surface area contributed by atoms with Gasteiger partial charge in [-0.25, -0.2) is 4.99 Å². The molecule has 2 aliphatic heterocycles. The summed E-state index contributed by atoms with van der Waals surface area (Å²) < 4.78 is 34.4. The van der Waals surface area contributed by atoms with E-state index in [-0.39, 0.29) is 39.5 Å². The third-order valence-electron chi connectivity index (χ3n) is 9.73. The van der Waals surface area contributed by atoms with E-state index in [4.69, 9.17) is 27.7 Å². The van der Waals surface area contributed by atoms with E-state index in [0.29, 0.717) is 12.5 Å². The van der Waals surface area contributed by atoms with E-state index in [2.05, 4.69) is 102 Å². The van der Waals surface area contributed by atoms with Crippen molar-refractivity contribution in [3.8, 4) is 0 Å². The summed E-state index contributed by atoms with van der Waals surface area (Å²) in [6.07, 6.45) is -1.43. The lowest BCUT2D eigenvalue weighted by molar-refractivity contribution is -0.226. The molecule has 0 saturated carbocycles. The topological polar surface area (TPSA) is 58.5 Å². The fourth-order valence-electron chi connectivity index (χ4n) is 3.88. The molecule has 1 fully saturated rings. The van der Waals surface area contributed by atoms with E-state index in [1.165, 1.54) is 0 Å². The first-order chi connectivity index (χ1) is 17.5. The Kier molecular flexibility index (Phi) is 9.40. The minimum absolute atomic E-state index is 0.0355. The maximum absolute atomic E-state index is 7.25. The van der Waals surface area contributed by atoms with Crippen molar-refractivity contribution in [2.75, 3.05) is 6.61 Å². The molecule has 0 aliphatic carbocycles. The van der Waals surface area contributed by atoms with Gasteiger partial charge in [0.25, 0.3) is 0 Å². The molecule has 39 heavy (non-hydrogen) atoms. The smallest absolute Gasteiger partial charge is 0.229 e. The van der Waals surface area contributed by atoms with E-state index >= 15 is 0 Å². The Morgan fingerprint density at radius 1 is 0.795 bits per heavy atom. The Labute approximate surface area is 245 Å². The first-order valence-corrected chi connectivity index (χ1v) is 24.0. The van der Waals surface area contributed by atoms with Crippen LogP contribution >= 0.6 is 11.3 Å². The molecule has 0 spiro atoms. The summed E-state index contributed by atoms with van der Waals surface area (Å²) in [6, 6.07) is 3.78. The molecule has 2 aliphatic rings. The zero-order chi connectivity index (χ0) is 29.8. The van der Waals surface area contributed by atoms with Crippen LogP contribution in [0.15, 0.2) is 22.5 Å². The van der Waals surface area contributed by atoms with Crippen molar-refractivity contribution in [1.29, 1.82) is 0 Å². The largest absolute Gasteiger partial charge is 0.444 e. The molecular formula is C29H55NO5SSi3. The molecule has 0 amide bonds. The zero-order valence-electron chi connectivity index (χ0n) is 27.2. The fraction of sp³-hybridized carbons (Fsp3) is 0.828. The quantitative estimate of drug-likeness (QED) is 0.276. The second-order valence-electron chi connectivity index (χ2n) is 15.8. The molecule has 3 rings (SSSR count). The number of ether oxygens (including phenoxy) is 2. The Hall–Kier alpha value is -0.339. The first kappa shape index (κ1) is 33.2. The molecule has 0 bridgehead atoms. The predicted octanol–water partition coefficient (Wildman–Crippen LogP) is 8.42. The standard InChI is InChI=1S/C29H55NO5SSi3/c1-27(2,3)37(10,11)31-19-20-23(34-38(12,13)28(4,5)6)24(35-39(14,15)29(7,8)9)22-26(32-20)33-25(30-22)21-17-16-18-36-21/h16-18,20,22-24,26H,19H2,1-15H3/t20-,22-,23-,24-,26-/m1/s1. The van der Waals surface area contributed by atoms with Crippen LogP contribution in [-0.4, -0.2) is 68.1 Å². The molecule has 0 aromatic carbocycles. The second kappa shape index (κ2) is 11.1. The average Bonchev–Trinajstić information content (AvgIpc) is 3.41. The molecule has 0 radical (unpaired) electrons. The van der Waals surface area contributed by atoms with Crippen LogP contribution in [0.1, 0.15) is 67.2 Å². The van der Waals surface area contributed by atoms with Gasteiger partial charge in [0, 0.05) is 0 Å². The van der Waals surface area contributed by atoms with Gasteiger partial charge in [0.05, 0.1) is 11.5 Å². The molecule has 5 atom stereocenters. The summed E-state index contributed by atoms with van der Waals surface area (Å²) in [5.41, 5.74) is 0. The molecule has 1 saturated heterocycles. The van der Waals surface area contributed by atoms with Crippen LogP contribution < -0.4 is 0 Å². The van der Waals surface area contributed by atoms with Gasteiger partial charge < -0.3 is 22.8 Å². The SMILES string of the molecule is CC(C)(C)[Si](C)(C)OC[C@H]1O[C@@H]2OC(c3cccs3)=N[C@@H]2[C@@H](O[Si](C)(C)C(C)(C)C)[C@@H]1O[Si](C)(C)C(C)(C)C. The van der Waals surface area contributed by atoms with Crippen LogP contribution in [-0.2, 0) is 22.8 Å². The predicted molar refractivity (Wildman–Crippen MR) is 172 cm³/mol. The van der Waals surface area contributed by atoms with Crippen molar-refractivity contribution in [2.45, 2.75) is 147 Å². The monoisotopic (exact) mass is 613 g/mol. The highest BCUT2D eigenvalue weighted by molar-refractivity contribution is 7.12. The molecule has 3 heterocycles. The minimum Gasteiger partial charge on any atom is -0.444 e.